The van der Waals surface area contributed by atoms with Crippen LogP contribution in [-0.4, -0.2) is 26.9 Å². The van der Waals surface area contributed by atoms with Gasteiger partial charge in [-0.1, -0.05) is 35.9 Å². The first-order chi connectivity index (χ1) is 16.3. The lowest BCUT2D eigenvalue weighted by atomic mass is 10.1. The van der Waals surface area contributed by atoms with Gasteiger partial charge in [0.05, 0.1) is 11.1 Å². The van der Waals surface area contributed by atoms with Crippen molar-refractivity contribution in [3.63, 3.8) is 0 Å². The molecule has 0 atom stereocenters. The standard InChI is InChI=1S/C25H20BrNO6S/c1-3-31-22-15-17(14-21-25(28)32-24(27-21)18-7-5-4-6-8-18)13-20(26)23(22)33-34(29,30)19-11-9-16(2)10-12-19/h4-15H,3H2,1-2H3/b21-14+. The predicted octanol–water partition coefficient (Wildman–Crippen LogP) is 5.27. The summed E-state index contributed by atoms with van der Waals surface area (Å²) >= 11 is 3.37. The monoisotopic (exact) mass is 541 g/mol. The molecule has 0 saturated carbocycles. The second-order valence-corrected chi connectivity index (χ2v) is 9.72. The van der Waals surface area contributed by atoms with Crippen LogP contribution in [0.5, 0.6) is 11.5 Å². The summed E-state index contributed by atoms with van der Waals surface area (Å²) in [4.78, 5) is 16.7. The van der Waals surface area contributed by atoms with E-state index in [1.54, 1.807) is 43.3 Å². The highest BCUT2D eigenvalue weighted by Crippen LogP contribution is 2.39. The average Bonchev–Trinajstić information content (AvgIpc) is 3.17. The van der Waals surface area contributed by atoms with Crippen LogP contribution in [0.3, 0.4) is 0 Å². The van der Waals surface area contributed by atoms with Crippen molar-refractivity contribution < 1.29 is 26.9 Å². The fraction of sp³-hybridized carbons (Fsp3) is 0.120. The molecule has 1 heterocycles. The van der Waals surface area contributed by atoms with Crippen LogP contribution in [0.25, 0.3) is 6.08 Å². The molecule has 174 valence electrons. The molecule has 4 rings (SSSR count). The Kier molecular flexibility index (Phi) is 6.85. The van der Waals surface area contributed by atoms with E-state index in [4.69, 9.17) is 13.7 Å². The molecule has 9 heteroatoms. The maximum absolute atomic E-state index is 12.8. The number of aryl methyl sites for hydroxylation is 1. The zero-order chi connectivity index (χ0) is 24.3. The first-order valence-electron chi connectivity index (χ1n) is 10.3. The highest BCUT2D eigenvalue weighted by Gasteiger charge is 2.25. The van der Waals surface area contributed by atoms with Crippen LogP contribution in [0.2, 0.25) is 0 Å². The van der Waals surface area contributed by atoms with Crippen molar-refractivity contribution in [2.24, 2.45) is 4.99 Å². The van der Waals surface area contributed by atoms with Gasteiger partial charge in [-0.25, -0.2) is 9.79 Å². The topological polar surface area (TPSA) is 91.3 Å². The molecule has 7 nitrogen and oxygen atoms in total. The molecule has 0 N–H and O–H groups in total. The minimum Gasteiger partial charge on any atom is -0.490 e. The van der Waals surface area contributed by atoms with Crippen molar-refractivity contribution in [3.05, 3.63) is 93.6 Å². The van der Waals surface area contributed by atoms with Gasteiger partial charge in [-0.15, -0.1) is 0 Å². The third kappa shape index (κ3) is 5.21. The van der Waals surface area contributed by atoms with Crippen molar-refractivity contribution in [2.45, 2.75) is 18.7 Å². The fourth-order valence-electron chi connectivity index (χ4n) is 3.15. The lowest BCUT2D eigenvalue weighted by Gasteiger charge is -2.14. The Morgan fingerprint density at radius 1 is 1.06 bits per heavy atom. The number of cyclic esters (lactones) is 1. The van der Waals surface area contributed by atoms with Gasteiger partial charge in [0.2, 0.25) is 5.90 Å². The number of aliphatic imine (C=N–C) groups is 1. The number of nitrogens with zero attached hydrogens (tertiary/aromatic N) is 1. The van der Waals surface area contributed by atoms with Crippen LogP contribution in [0.1, 0.15) is 23.6 Å². The van der Waals surface area contributed by atoms with Crippen LogP contribution in [0, 0.1) is 6.92 Å². The van der Waals surface area contributed by atoms with Crippen LogP contribution in [-0.2, 0) is 19.6 Å². The Morgan fingerprint density at radius 3 is 2.44 bits per heavy atom. The van der Waals surface area contributed by atoms with Crippen molar-refractivity contribution in [1.82, 2.24) is 0 Å². The molecule has 0 saturated heterocycles. The smallest absolute Gasteiger partial charge is 0.363 e. The fourth-order valence-corrected chi connectivity index (χ4v) is 4.75. The van der Waals surface area contributed by atoms with Crippen LogP contribution in [0.4, 0.5) is 0 Å². The molecule has 3 aromatic rings. The minimum atomic E-state index is -4.10. The Balaban J connectivity index is 1.68. The molecule has 0 amide bonds. The van der Waals surface area contributed by atoms with Gasteiger partial charge >= 0.3 is 16.1 Å². The van der Waals surface area contributed by atoms with E-state index in [1.165, 1.54) is 18.2 Å². The van der Waals surface area contributed by atoms with E-state index in [1.807, 2.05) is 25.1 Å². The number of carbonyl (C=O) groups excluding carboxylic acids is 1. The Labute approximate surface area is 206 Å². The molecular weight excluding hydrogens is 522 g/mol. The van der Waals surface area contributed by atoms with E-state index in [2.05, 4.69) is 20.9 Å². The number of halogens is 1. The second-order valence-electron chi connectivity index (χ2n) is 7.32. The first kappa shape index (κ1) is 23.7. The minimum absolute atomic E-state index is 0.00653. The van der Waals surface area contributed by atoms with E-state index in [9.17, 15) is 13.2 Å². The Hall–Kier alpha value is -3.43. The van der Waals surface area contributed by atoms with E-state index < -0.39 is 16.1 Å². The summed E-state index contributed by atoms with van der Waals surface area (Å²) in [5.74, 6) is -0.176. The van der Waals surface area contributed by atoms with E-state index in [0.29, 0.717) is 15.6 Å². The van der Waals surface area contributed by atoms with Gasteiger partial charge in [-0.3, -0.25) is 0 Å². The molecule has 0 aliphatic carbocycles. The molecule has 0 radical (unpaired) electrons. The number of carbonyl (C=O) groups is 1. The van der Waals surface area contributed by atoms with E-state index in [-0.39, 0.29) is 34.6 Å². The summed E-state index contributed by atoms with van der Waals surface area (Å²) in [6.45, 7) is 3.90. The van der Waals surface area contributed by atoms with Gasteiger partial charge in [0.1, 0.15) is 4.90 Å². The highest BCUT2D eigenvalue weighted by atomic mass is 79.9. The summed E-state index contributed by atoms with van der Waals surface area (Å²) in [5, 5.41) is 0. The molecule has 3 aromatic carbocycles. The van der Waals surface area contributed by atoms with Crippen molar-refractivity contribution in [2.75, 3.05) is 6.61 Å². The SMILES string of the molecule is CCOc1cc(/C=C2/N=C(c3ccccc3)OC2=O)cc(Br)c1OS(=O)(=O)c1ccc(C)cc1. The summed E-state index contributed by atoms with van der Waals surface area (Å²) in [5.41, 5.74) is 2.26. The van der Waals surface area contributed by atoms with Gasteiger partial charge < -0.3 is 13.7 Å². The van der Waals surface area contributed by atoms with E-state index >= 15 is 0 Å². The summed E-state index contributed by atoms with van der Waals surface area (Å²) < 4.78 is 42.3. The second kappa shape index (κ2) is 9.82. The van der Waals surface area contributed by atoms with Gasteiger partial charge in [-0.2, -0.15) is 8.42 Å². The summed E-state index contributed by atoms with van der Waals surface area (Å²) in [6, 6.07) is 18.6. The number of benzene rings is 3. The summed E-state index contributed by atoms with van der Waals surface area (Å²) in [7, 11) is -4.10. The lowest BCUT2D eigenvalue weighted by molar-refractivity contribution is -0.129. The number of ether oxygens (including phenoxy) is 2. The molecule has 0 fully saturated rings. The molecule has 1 aliphatic rings. The maximum atomic E-state index is 12.8. The van der Waals surface area contributed by atoms with Crippen LogP contribution in [0.15, 0.2) is 86.8 Å². The zero-order valence-electron chi connectivity index (χ0n) is 18.3. The lowest BCUT2D eigenvalue weighted by Crippen LogP contribution is -2.11. The van der Waals surface area contributed by atoms with Crippen LogP contribution >= 0.6 is 15.9 Å². The largest absolute Gasteiger partial charge is 0.490 e. The number of hydrogen-bond acceptors (Lipinski definition) is 7. The van der Waals surface area contributed by atoms with E-state index in [0.717, 1.165) is 5.56 Å². The molecule has 1 aliphatic heterocycles. The highest BCUT2D eigenvalue weighted by molar-refractivity contribution is 9.10. The van der Waals surface area contributed by atoms with Crippen molar-refractivity contribution >= 4 is 44.0 Å². The maximum Gasteiger partial charge on any atom is 0.363 e. The Morgan fingerprint density at radius 2 is 1.76 bits per heavy atom. The molecule has 0 unspecified atom stereocenters. The van der Waals surface area contributed by atoms with Gasteiger partial charge in [-0.05, 0) is 77.8 Å². The zero-order valence-corrected chi connectivity index (χ0v) is 20.7. The van der Waals surface area contributed by atoms with Crippen molar-refractivity contribution in [1.29, 1.82) is 0 Å². The third-order valence-corrected chi connectivity index (χ3v) is 6.60. The number of rotatable bonds is 7. The molecular formula is C25H20BrNO6S. The number of esters is 1. The van der Waals surface area contributed by atoms with Gasteiger partial charge in [0, 0.05) is 5.56 Å². The molecule has 34 heavy (non-hydrogen) atoms. The first-order valence-corrected chi connectivity index (χ1v) is 12.5. The van der Waals surface area contributed by atoms with Crippen molar-refractivity contribution in [3.8, 4) is 11.5 Å². The third-order valence-electron chi connectivity index (χ3n) is 4.78. The van der Waals surface area contributed by atoms with Gasteiger partial charge in [0.25, 0.3) is 0 Å². The quantitative estimate of drug-likeness (QED) is 0.230. The average molecular weight is 542 g/mol. The van der Waals surface area contributed by atoms with Crippen LogP contribution < -0.4 is 8.92 Å². The normalized spacial score (nSPS) is 14.6. The van der Waals surface area contributed by atoms with Gasteiger partial charge in [0.15, 0.2) is 17.2 Å². The number of hydrogen-bond donors (Lipinski definition) is 0. The molecule has 0 bridgehead atoms. The summed E-state index contributed by atoms with van der Waals surface area (Å²) in [6.07, 6.45) is 1.53. The predicted molar refractivity (Wildman–Crippen MR) is 131 cm³/mol. The molecule has 0 aromatic heterocycles. The molecule has 0 spiro atoms. The Bertz CT molecular complexity index is 1400.